The van der Waals surface area contributed by atoms with Crippen LogP contribution in [-0.2, 0) is 16.0 Å². The zero-order valence-corrected chi connectivity index (χ0v) is 13.6. The Morgan fingerprint density at radius 3 is 2.46 bits per heavy atom. The molecule has 2 rings (SSSR count). The van der Waals surface area contributed by atoms with Crippen molar-refractivity contribution in [3.63, 3.8) is 0 Å². The number of imide groups is 1. The molecule has 24 heavy (non-hydrogen) atoms. The largest absolute Gasteiger partial charge is 0.466 e. The van der Waals surface area contributed by atoms with Crippen molar-refractivity contribution < 1.29 is 24.2 Å². The lowest BCUT2D eigenvalue weighted by molar-refractivity contribution is -0.142. The zero-order valence-electron chi connectivity index (χ0n) is 13.6. The number of hydrogen-bond donors (Lipinski definition) is 1. The minimum absolute atomic E-state index is 0.123. The molecule has 0 saturated heterocycles. The van der Waals surface area contributed by atoms with E-state index in [0.717, 1.165) is 11.3 Å². The third-order valence-electron chi connectivity index (χ3n) is 3.89. The Bertz CT molecular complexity index is 635. The van der Waals surface area contributed by atoms with Gasteiger partial charge < -0.3 is 9.84 Å². The van der Waals surface area contributed by atoms with Gasteiger partial charge in [-0.05, 0) is 43.9 Å². The Kier molecular flexibility index (Phi) is 6.12. The molecule has 1 unspecified atom stereocenters. The number of rotatable bonds is 5. The fraction of sp³-hybridized carbons (Fsp3) is 0.389. The van der Waals surface area contributed by atoms with Crippen LogP contribution >= 0.6 is 0 Å². The zero-order chi connectivity index (χ0) is 17.5. The highest BCUT2D eigenvalue weighted by Crippen LogP contribution is 2.20. The lowest BCUT2D eigenvalue weighted by Crippen LogP contribution is -2.44. The summed E-state index contributed by atoms with van der Waals surface area (Å²) in [6, 6.07) is 6.05. The van der Waals surface area contributed by atoms with Gasteiger partial charge >= 0.3 is 12.1 Å². The first kappa shape index (κ1) is 17.7. The molecule has 0 bridgehead atoms. The number of nitrogens with zero attached hydrogens (tertiary/aromatic N) is 1. The Hall–Kier alpha value is -2.63. The highest BCUT2D eigenvalue weighted by atomic mass is 16.5. The van der Waals surface area contributed by atoms with E-state index in [-0.39, 0.29) is 18.4 Å². The van der Waals surface area contributed by atoms with Gasteiger partial charge in [-0.2, -0.15) is 0 Å². The topological polar surface area (TPSA) is 83.9 Å². The van der Waals surface area contributed by atoms with E-state index in [1.54, 1.807) is 31.2 Å². The summed E-state index contributed by atoms with van der Waals surface area (Å²) in [6.45, 7) is 2.05. The third kappa shape index (κ3) is 4.44. The number of esters is 1. The van der Waals surface area contributed by atoms with Crippen LogP contribution < -0.4 is 0 Å². The van der Waals surface area contributed by atoms with Crippen LogP contribution in [0.25, 0.3) is 0 Å². The Morgan fingerprint density at radius 2 is 1.92 bits per heavy atom. The summed E-state index contributed by atoms with van der Waals surface area (Å²) in [4.78, 5) is 36.4. The summed E-state index contributed by atoms with van der Waals surface area (Å²) in [5.41, 5.74) is 1.01. The lowest BCUT2D eigenvalue weighted by Gasteiger charge is -2.28. The van der Waals surface area contributed by atoms with Crippen LogP contribution in [0.5, 0.6) is 0 Å². The van der Waals surface area contributed by atoms with Crippen molar-refractivity contribution >= 4 is 18.0 Å². The van der Waals surface area contributed by atoms with Crippen LogP contribution in [0.15, 0.2) is 36.4 Å². The Morgan fingerprint density at radius 1 is 1.21 bits per heavy atom. The molecular formula is C18H21NO5. The van der Waals surface area contributed by atoms with E-state index in [2.05, 4.69) is 0 Å². The van der Waals surface area contributed by atoms with Gasteiger partial charge in [-0.3, -0.25) is 9.59 Å². The van der Waals surface area contributed by atoms with E-state index >= 15 is 0 Å². The first-order chi connectivity index (χ1) is 11.5. The summed E-state index contributed by atoms with van der Waals surface area (Å²) in [6.07, 6.45) is 4.72. The van der Waals surface area contributed by atoms with Gasteiger partial charge in [0.15, 0.2) is 0 Å². The molecule has 1 aliphatic rings. The highest BCUT2D eigenvalue weighted by molar-refractivity contribution is 6.02. The molecule has 0 aliphatic heterocycles. The summed E-state index contributed by atoms with van der Waals surface area (Å²) in [5.74, 6) is -0.872. The molecule has 1 aromatic rings. The molecule has 0 heterocycles. The molecule has 1 aromatic carbocycles. The summed E-state index contributed by atoms with van der Waals surface area (Å²) in [7, 11) is 0. The van der Waals surface area contributed by atoms with E-state index in [1.807, 2.05) is 12.2 Å². The second-order valence-electron chi connectivity index (χ2n) is 5.57. The maximum Gasteiger partial charge on any atom is 0.414 e. The fourth-order valence-corrected chi connectivity index (χ4v) is 2.70. The predicted octanol–water partition coefficient (Wildman–Crippen LogP) is 3.02. The van der Waals surface area contributed by atoms with Gasteiger partial charge in [-0.25, -0.2) is 9.69 Å². The first-order valence-electron chi connectivity index (χ1n) is 7.99. The number of benzene rings is 1. The van der Waals surface area contributed by atoms with Crippen LogP contribution in [-0.4, -0.2) is 40.6 Å². The van der Waals surface area contributed by atoms with Gasteiger partial charge in [0.2, 0.25) is 0 Å². The molecule has 2 amide bonds. The number of hydrogen-bond acceptors (Lipinski definition) is 4. The lowest BCUT2D eigenvalue weighted by atomic mass is 9.99. The van der Waals surface area contributed by atoms with Gasteiger partial charge in [0.05, 0.1) is 13.0 Å². The van der Waals surface area contributed by atoms with Crippen molar-refractivity contribution in [1.82, 2.24) is 4.90 Å². The molecule has 6 nitrogen and oxygen atoms in total. The van der Waals surface area contributed by atoms with Gasteiger partial charge in [-0.1, -0.05) is 24.3 Å². The smallest absolute Gasteiger partial charge is 0.414 e. The molecule has 0 radical (unpaired) electrons. The fourth-order valence-electron chi connectivity index (χ4n) is 2.70. The van der Waals surface area contributed by atoms with Crippen LogP contribution in [0.3, 0.4) is 0 Å². The normalized spacial score (nSPS) is 16.5. The molecule has 1 atom stereocenters. The van der Waals surface area contributed by atoms with Gasteiger partial charge in [0.1, 0.15) is 0 Å². The van der Waals surface area contributed by atoms with E-state index in [9.17, 15) is 19.5 Å². The van der Waals surface area contributed by atoms with E-state index in [1.165, 1.54) is 0 Å². The molecule has 0 fully saturated rings. The van der Waals surface area contributed by atoms with Crippen molar-refractivity contribution in [1.29, 1.82) is 0 Å². The van der Waals surface area contributed by atoms with Crippen LogP contribution in [0, 0.1) is 0 Å². The number of ether oxygens (including phenoxy) is 1. The number of allylic oxidation sites excluding steroid dienone is 1. The second kappa shape index (κ2) is 8.29. The van der Waals surface area contributed by atoms with Gasteiger partial charge in [0, 0.05) is 11.6 Å². The average molecular weight is 331 g/mol. The summed E-state index contributed by atoms with van der Waals surface area (Å²) < 4.78 is 4.87. The summed E-state index contributed by atoms with van der Waals surface area (Å²) in [5, 5.41) is 9.41. The van der Waals surface area contributed by atoms with Gasteiger partial charge in [0.25, 0.3) is 5.91 Å². The van der Waals surface area contributed by atoms with Crippen molar-refractivity contribution in [2.45, 2.75) is 38.6 Å². The molecule has 1 N–H and O–H groups in total. The van der Waals surface area contributed by atoms with Crippen molar-refractivity contribution in [2.75, 3.05) is 6.61 Å². The number of carboxylic acid groups (broad SMARTS) is 1. The standard InChI is InChI=1S/C18H21NO5/c1-2-24-16(20)12-13-8-10-14(11-9-13)17(21)19(18(22)23)15-6-4-3-5-7-15/h3-4,8-11,15H,2,5-7,12H2,1H3,(H,22,23). The molecule has 0 spiro atoms. The number of amides is 2. The van der Waals surface area contributed by atoms with Crippen LogP contribution in [0.4, 0.5) is 4.79 Å². The van der Waals surface area contributed by atoms with E-state index < -0.39 is 12.0 Å². The minimum atomic E-state index is -1.24. The van der Waals surface area contributed by atoms with Crippen molar-refractivity contribution in [3.8, 4) is 0 Å². The highest BCUT2D eigenvalue weighted by Gasteiger charge is 2.30. The maximum absolute atomic E-state index is 12.6. The molecule has 1 aliphatic carbocycles. The van der Waals surface area contributed by atoms with E-state index in [0.29, 0.717) is 30.6 Å². The van der Waals surface area contributed by atoms with E-state index in [4.69, 9.17) is 4.74 Å². The van der Waals surface area contributed by atoms with Gasteiger partial charge in [-0.15, -0.1) is 0 Å². The Labute approximate surface area is 140 Å². The van der Waals surface area contributed by atoms with Crippen molar-refractivity contribution in [3.05, 3.63) is 47.5 Å². The molecule has 0 saturated carbocycles. The van der Waals surface area contributed by atoms with Crippen LogP contribution in [0.1, 0.15) is 42.1 Å². The van der Waals surface area contributed by atoms with Crippen LogP contribution in [0.2, 0.25) is 0 Å². The third-order valence-corrected chi connectivity index (χ3v) is 3.89. The Balaban J connectivity index is 2.10. The number of carbonyl (C=O) groups is 3. The quantitative estimate of drug-likeness (QED) is 0.662. The average Bonchev–Trinajstić information content (AvgIpc) is 2.56. The number of carbonyl (C=O) groups excluding carboxylic acids is 2. The summed E-state index contributed by atoms with van der Waals surface area (Å²) >= 11 is 0. The first-order valence-corrected chi connectivity index (χ1v) is 7.99. The second-order valence-corrected chi connectivity index (χ2v) is 5.57. The predicted molar refractivity (Wildman–Crippen MR) is 87.8 cm³/mol. The monoisotopic (exact) mass is 331 g/mol. The molecular weight excluding hydrogens is 310 g/mol. The SMILES string of the molecule is CCOC(=O)Cc1ccc(C(=O)N(C(=O)O)C2CC=CCC2)cc1. The maximum atomic E-state index is 12.6. The van der Waals surface area contributed by atoms with Crippen molar-refractivity contribution in [2.24, 2.45) is 0 Å². The minimum Gasteiger partial charge on any atom is -0.466 e. The molecule has 0 aromatic heterocycles. The molecule has 128 valence electrons. The molecule has 6 heteroatoms.